The van der Waals surface area contributed by atoms with Crippen molar-refractivity contribution in [1.29, 1.82) is 0 Å². The fourth-order valence-corrected chi connectivity index (χ4v) is 2.95. The second kappa shape index (κ2) is 3.64. The van der Waals surface area contributed by atoms with Gasteiger partial charge in [-0.15, -0.1) is 0 Å². The number of nitrogens with zero attached hydrogens (tertiary/aromatic N) is 1. The van der Waals surface area contributed by atoms with E-state index in [1.807, 2.05) is 24.3 Å². The van der Waals surface area contributed by atoms with E-state index in [0.717, 1.165) is 15.6 Å². The first kappa shape index (κ1) is 10.7. The van der Waals surface area contributed by atoms with E-state index in [4.69, 9.17) is 0 Å². The van der Waals surface area contributed by atoms with Crippen LogP contribution in [0, 0.1) is 0 Å². The Balaban J connectivity index is 2.50. The van der Waals surface area contributed by atoms with E-state index in [9.17, 15) is 8.42 Å². The van der Waals surface area contributed by atoms with Crippen molar-refractivity contribution in [3.05, 3.63) is 41.6 Å². The van der Waals surface area contributed by atoms with Crippen LogP contribution in [0.1, 0.15) is 11.1 Å². The molecule has 0 fully saturated rings. The van der Waals surface area contributed by atoms with E-state index in [1.54, 1.807) is 6.20 Å². The summed E-state index contributed by atoms with van der Waals surface area (Å²) >= 11 is 3.37. The summed E-state index contributed by atoms with van der Waals surface area (Å²) in [5.74, 6) is 0. The first-order chi connectivity index (χ1) is 6.98. The number of sulfonamides is 1. The molecule has 1 aliphatic heterocycles. The van der Waals surface area contributed by atoms with E-state index in [0.29, 0.717) is 6.54 Å². The van der Waals surface area contributed by atoms with Crippen LogP contribution in [-0.4, -0.2) is 19.0 Å². The van der Waals surface area contributed by atoms with Crippen LogP contribution in [-0.2, 0) is 16.6 Å². The van der Waals surface area contributed by atoms with Gasteiger partial charge in [0.15, 0.2) is 0 Å². The molecule has 1 aliphatic rings. The Morgan fingerprint density at radius 3 is 2.67 bits per heavy atom. The maximum atomic E-state index is 11.4. The molecule has 1 aromatic carbocycles. The molecule has 3 nitrogen and oxygen atoms in total. The average Bonchev–Trinajstić information content (AvgIpc) is 2.16. The Hall–Kier alpha value is -0.810. The van der Waals surface area contributed by atoms with Gasteiger partial charge in [-0.05, 0) is 27.1 Å². The normalized spacial score (nSPS) is 15.9. The Kier molecular flexibility index (Phi) is 2.60. The molecule has 0 bridgehead atoms. The van der Waals surface area contributed by atoms with Crippen LogP contribution < -0.4 is 0 Å². The van der Waals surface area contributed by atoms with Crippen molar-refractivity contribution in [1.82, 2.24) is 4.31 Å². The van der Waals surface area contributed by atoms with E-state index in [-0.39, 0.29) is 0 Å². The van der Waals surface area contributed by atoms with Crippen LogP contribution in [0.3, 0.4) is 0 Å². The summed E-state index contributed by atoms with van der Waals surface area (Å²) in [7, 11) is -3.17. The van der Waals surface area contributed by atoms with Crippen molar-refractivity contribution >= 4 is 30.4 Å². The molecule has 5 heteroatoms. The third-order valence-electron chi connectivity index (χ3n) is 2.28. The lowest BCUT2D eigenvalue weighted by Gasteiger charge is -2.24. The lowest BCUT2D eigenvalue weighted by molar-refractivity contribution is 0.499. The number of benzene rings is 1. The lowest BCUT2D eigenvalue weighted by atomic mass is 10.1. The minimum absolute atomic E-state index is 0.407. The minimum atomic E-state index is -3.17. The standard InChI is InChI=1S/C10H10BrNO2S/c1-15(13,14)12-6-8-4-2-3-5-9(8)10(11)7-12/h2-5,7H,6H2,1H3. The fraction of sp³-hybridized carbons (Fsp3) is 0.200. The Morgan fingerprint density at radius 1 is 1.33 bits per heavy atom. The van der Waals surface area contributed by atoms with Gasteiger partial charge in [0.2, 0.25) is 10.0 Å². The van der Waals surface area contributed by atoms with Crippen molar-refractivity contribution in [3.63, 3.8) is 0 Å². The monoisotopic (exact) mass is 287 g/mol. The first-order valence-corrected chi connectivity index (χ1v) is 7.05. The molecule has 0 N–H and O–H groups in total. The maximum absolute atomic E-state index is 11.4. The molecule has 1 heterocycles. The van der Waals surface area contributed by atoms with Gasteiger partial charge >= 0.3 is 0 Å². The zero-order valence-electron chi connectivity index (χ0n) is 8.14. The number of rotatable bonds is 1. The van der Waals surface area contributed by atoms with Gasteiger partial charge in [-0.2, -0.15) is 0 Å². The highest BCUT2D eigenvalue weighted by Gasteiger charge is 2.20. The molecular weight excluding hydrogens is 278 g/mol. The summed E-state index contributed by atoms with van der Waals surface area (Å²) < 4.78 is 24.9. The van der Waals surface area contributed by atoms with Crippen LogP contribution in [0.15, 0.2) is 30.5 Å². The van der Waals surface area contributed by atoms with Crippen LogP contribution in [0.5, 0.6) is 0 Å². The molecule has 2 rings (SSSR count). The zero-order valence-corrected chi connectivity index (χ0v) is 10.5. The van der Waals surface area contributed by atoms with E-state index in [1.165, 1.54) is 10.6 Å². The quantitative estimate of drug-likeness (QED) is 0.794. The smallest absolute Gasteiger partial charge is 0.232 e. The third-order valence-corrected chi connectivity index (χ3v) is 4.00. The molecule has 15 heavy (non-hydrogen) atoms. The molecule has 0 unspecified atom stereocenters. The third kappa shape index (κ3) is 2.08. The molecule has 0 spiro atoms. The molecular formula is C10H10BrNO2S. The second-order valence-corrected chi connectivity index (χ2v) is 6.23. The zero-order chi connectivity index (χ0) is 11.1. The Bertz CT molecular complexity index is 522. The van der Waals surface area contributed by atoms with Gasteiger partial charge in [-0.1, -0.05) is 24.3 Å². The summed E-state index contributed by atoms with van der Waals surface area (Å²) in [6.07, 6.45) is 2.81. The summed E-state index contributed by atoms with van der Waals surface area (Å²) in [4.78, 5) is 0. The highest BCUT2D eigenvalue weighted by atomic mass is 79.9. The lowest BCUT2D eigenvalue weighted by Crippen LogP contribution is -2.26. The largest absolute Gasteiger partial charge is 0.272 e. The molecule has 0 aromatic heterocycles. The maximum Gasteiger partial charge on any atom is 0.232 e. The highest BCUT2D eigenvalue weighted by molar-refractivity contribution is 9.15. The summed E-state index contributed by atoms with van der Waals surface area (Å²) in [5, 5.41) is 0. The summed E-state index contributed by atoms with van der Waals surface area (Å²) in [6, 6.07) is 7.74. The predicted molar refractivity (Wildman–Crippen MR) is 63.7 cm³/mol. The SMILES string of the molecule is CS(=O)(=O)N1C=C(Br)c2ccccc2C1. The van der Waals surface area contributed by atoms with Crippen molar-refractivity contribution in [3.8, 4) is 0 Å². The number of hydrogen-bond donors (Lipinski definition) is 0. The van der Waals surface area contributed by atoms with Crippen LogP contribution in [0.25, 0.3) is 4.48 Å². The molecule has 1 aromatic rings. The minimum Gasteiger partial charge on any atom is -0.272 e. The van der Waals surface area contributed by atoms with Gasteiger partial charge in [-0.3, -0.25) is 4.31 Å². The first-order valence-electron chi connectivity index (χ1n) is 4.41. The fourth-order valence-electron chi connectivity index (χ4n) is 1.51. The molecule has 0 amide bonds. The van der Waals surface area contributed by atoms with E-state index in [2.05, 4.69) is 15.9 Å². The van der Waals surface area contributed by atoms with Gasteiger partial charge in [-0.25, -0.2) is 8.42 Å². The van der Waals surface area contributed by atoms with Crippen LogP contribution >= 0.6 is 15.9 Å². The molecule has 0 saturated heterocycles. The van der Waals surface area contributed by atoms with Gasteiger partial charge in [0, 0.05) is 10.7 Å². The Morgan fingerprint density at radius 2 is 2.00 bits per heavy atom. The van der Waals surface area contributed by atoms with Crippen LogP contribution in [0.2, 0.25) is 0 Å². The molecule has 0 saturated carbocycles. The van der Waals surface area contributed by atoms with Crippen LogP contribution in [0.4, 0.5) is 0 Å². The van der Waals surface area contributed by atoms with Gasteiger partial charge in [0.1, 0.15) is 0 Å². The number of halogens is 1. The molecule has 0 radical (unpaired) electrons. The number of hydrogen-bond acceptors (Lipinski definition) is 2. The molecule has 0 aliphatic carbocycles. The Labute approximate surface area is 97.6 Å². The summed E-state index contributed by atoms with van der Waals surface area (Å²) in [5.41, 5.74) is 2.06. The average molecular weight is 288 g/mol. The van der Waals surface area contributed by atoms with Crippen molar-refractivity contribution in [2.24, 2.45) is 0 Å². The predicted octanol–water partition coefficient (Wildman–Crippen LogP) is 2.16. The van der Waals surface area contributed by atoms with Gasteiger partial charge < -0.3 is 0 Å². The molecule has 0 atom stereocenters. The van der Waals surface area contributed by atoms with E-state index < -0.39 is 10.0 Å². The van der Waals surface area contributed by atoms with Crippen molar-refractivity contribution in [2.45, 2.75) is 6.54 Å². The van der Waals surface area contributed by atoms with Crippen molar-refractivity contribution < 1.29 is 8.42 Å². The highest BCUT2D eigenvalue weighted by Crippen LogP contribution is 2.31. The summed E-state index contributed by atoms with van der Waals surface area (Å²) in [6.45, 7) is 0.407. The second-order valence-electron chi connectivity index (χ2n) is 3.44. The van der Waals surface area contributed by atoms with Gasteiger partial charge in [0.05, 0.1) is 12.8 Å². The van der Waals surface area contributed by atoms with E-state index >= 15 is 0 Å². The topological polar surface area (TPSA) is 37.4 Å². The van der Waals surface area contributed by atoms with Gasteiger partial charge in [0.25, 0.3) is 0 Å². The van der Waals surface area contributed by atoms with Crippen molar-refractivity contribution in [2.75, 3.05) is 6.26 Å². The molecule has 80 valence electrons. The number of fused-ring (bicyclic) bond motifs is 1.